The van der Waals surface area contributed by atoms with Crippen molar-refractivity contribution in [2.24, 2.45) is 10.7 Å². The van der Waals surface area contributed by atoms with Crippen LogP contribution in [0, 0.1) is 0 Å². The Bertz CT molecular complexity index is 592. The van der Waals surface area contributed by atoms with Gasteiger partial charge in [0.2, 0.25) is 0 Å². The summed E-state index contributed by atoms with van der Waals surface area (Å²) in [5.41, 5.74) is 5.73. The van der Waals surface area contributed by atoms with Crippen molar-refractivity contribution >= 4 is 11.5 Å². The molecular weight excluding hydrogens is 255 g/mol. The monoisotopic (exact) mass is 265 g/mol. The second-order valence-corrected chi connectivity index (χ2v) is 3.78. The van der Waals surface area contributed by atoms with Gasteiger partial charge in [0.15, 0.2) is 0 Å². The Morgan fingerprint density at radius 2 is 1.79 bits per heavy atom. The molecule has 2 N–H and O–H groups in total. The van der Waals surface area contributed by atoms with Gasteiger partial charge in [0, 0.05) is 18.0 Å². The fourth-order valence-corrected chi connectivity index (χ4v) is 1.48. The first-order chi connectivity index (χ1) is 8.97. The Morgan fingerprint density at radius 1 is 1.11 bits per heavy atom. The molecule has 0 saturated carbocycles. The fraction of sp³-hybridized carbons (Fsp3) is 0.0769. The van der Waals surface area contributed by atoms with E-state index in [9.17, 15) is 13.2 Å². The van der Waals surface area contributed by atoms with E-state index < -0.39 is 11.7 Å². The second kappa shape index (κ2) is 5.09. The molecule has 0 aliphatic carbocycles. The third kappa shape index (κ3) is 3.31. The zero-order valence-electron chi connectivity index (χ0n) is 9.72. The van der Waals surface area contributed by atoms with Crippen LogP contribution in [0.5, 0.6) is 0 Å². The average molecular weight is 265 g/mol. The van der Waals surface area contributed by atoms with Crippen molar-refractivity contribution in [1.29, 1.82) is 0 Å². The van der Waals surface area contributed by atoms with Crippen LogP contribution in [0.15, 0.2) is 53.8 Å². The van der Waals surface area contributed by atoms with E-state index in [-0.39, 0.29) is 11.5 Å². The van der Waals surface area contributed by atoms with E-state index in [0.29, 0.717) is 5.56 Å². The van der Waals surface area contributed by atoms with E-state index in [4.69, 9.17) is 5.73 Å². The molecule has 2 aromatic rings. The van der Waals surface area contributed by atoms with E-state index in [1.165, 1.54) is 24.5 Å². The molecule has 3 nitrogen and oxygen atoms in total. The first-order valence-corrected chi connectivity index (χ1v) is 5.38. The molecule has 0 aliphatic rings. The van der Waals surface area contributed by atoms with E-state index in [1.54, 1.807) is 12.1 Å². The molecule has 0 radical (unpaired) electrons. The number of hydrogen-bond donors (Lipinski definition) is 1. The van der Waals surface area contributed by atoms with E-state index in [1.807, 2.05) is 0 Å². The van der Waals surface area contributed by atoms with Gasteiger partial charge in [-0.2, -0.15) is 13.2 Å². The van der Waals surface area contributed by atoms with Gasteiger partial charge in [-0.05, 0) is 30.3 Å². The van der Waals surface area contributed by atoms with Crippen LogP contribution in [-0.2, 0) is 6.18 Å². The minimum atomic E-state index is -4.39. The van der Waals surface area contributed by atoms with Gasteiger partial charge in [-0.1, -0.05) is 6.07 Å². The molecule has 1 aromatic heterocycles. The lowest BCUT2D eigenvalue weighted by Crippen LogP contribution is -2.12. The van der Waals surface area contributed by atoms with Crippen LogP contribution in [0.4, 0.5) is 18.9 Å². The number of halogens is 3. The number of amidine groups is 1. The Kier molecular flexibility index (Phi) is 3.50. The van der Waals surface area contributed by atoms with Crippen molar-refractivity contribution in [1.82, 2.24) is 4.98 Å². The van der Waals surface area contributed by atoms with Gasteiger partial charge in [0.1, 0.15) is 5.84 Å². The van der Waals surface area contributed by atoms with E-state index >= 15 is 0 Å². The maximum absolute atomic E-state index is 12.5. The summed E-state index contributed by atoms with van der Waals surface area (Å²) in [5, 5.41) is 0. The van der Waals surface area contributed by atoms with Crippen LogP contribution in [-0.4, -0.2) is 10.8 Å². The summed E-state index contributed by atoms with van der Waals surface area (Å²) < 4.78 is 37.6. The number of hydrogen-bond acceptors (Lipinski definition) is 2. The van der Waals surface area contributed by atoms with Crippen LogP contribution in [0.3, 0.4) is 0 Å². The van der Waals surface area contributed by atoms with Crippen molar-refractivity contribution in [2.45, 2.75) is 6.18 Å². The van der Waals surface area contributed by atoms with Crippen molar-refractivity contribution in [3.8, 4) is 0 Å². The number of nitrogens with two attached hydrogens (primary N) is 1. The predicted octanol–water partition coefficient (Wildman–Crippen LogP) is 3.14. The highest BCUT2D eigenvalue weighted by atomic mass is 19.4. The Balaban J connectivity index is 2.33. The summed E-state index contributed by atoms with van der Waals surface area (Å²) >= 11 is 0. The lowest BCUT2D eigenvalue weighted by Gasteiger charge is -2.07. The molecule has 2 rings (SSSR count). The molecule has 0 fully saturated rings. The lowest BCUT2D eigenvalue weighted by atomic mass is 10.2. The first kappa shape index (κ1) is 13.1. The highest BCUT2D eigenvalue weighted by molar-refractivity contribution is 5.98. The molecule has 0 atom stereocenters. The summed E-state index contributed by atoms with van der Waals surface area (Å²) in [6.45, 7) is 0. The van der Waals surface area contributed by atoms with Crippen LogP contribution in [0.2, 0.25) is 0 Å². The van der Waals surface area contributed by atoms with Crippen molar-refractivity contribution in [3.05, 3.63) is 59.9 Å². The maximum atomic E-state index is 12.5. The first-order valence-electron chi connectivity index (χ1n) is 5.38. The van der Waals surface area contributed by atoms with Gasteiger partial charge >= 0.3 is 6.18 Å². The van der Waals surface area contributed by atoms with Crippen LogP contribution in [0.1, 0.15) is 11.1 Å². The summed E-state index contributed by atoms with van der Waals surface area (Å²) in [7, 11) is 0. The Morgan fingerprint density at radius 3 is 2.42 bits per heavy atom. The van der Waals surface area contributed by atoms with Crippen molar-refractivity contribution in [3.63, 3.8) is 0 Å². The number of aromatic nitrogens is 1. The van der Waals surface area contributed by atoms with Gasteiger partial charge < -0.3 is 5.73 Å². The summed E-state index contributed by atoms with van der Waals surface area (Å²) in [4.78, 5) is 7.79. The molecular formula is C13H10F3N3. The largest absolute Gasteiger partial charge is 0.416 e. The molecule has 0 spiro atoms. The Labute approximate surface area is 107 Å². The second-order valence-electron chi connectivity index (χ2n) is 3.78. The number of rotatable bonds is 2. The highest BCUT2D eigenvalue weighted by Gasteiger charge is 2.30. The van der Waals surface area contributed by atoms with Gasteiger partial charge in [-0.3, -0.25) is 4.98 Å². The smallest absolute Gasteiger partial charge is 0.383 e. The molecule has 0 saturated heterocycles. The number of alkyl halides is 3. The topological polar surface area (TPSA) is 51.3 Å². The van der Waals surface area contributed by atoms with Gasteiger partial charge in [0.05, 0.1) is 11.3 Å². The molecule has 6 heteroatoms. The number of benzene rings is 1. The predicted molar refractivity (Wildman–Crippen MR) is 66.1 cm³/mol. The zero-order valence-corrected chi connectivity index (χ0v) is 9.72. The molecule has 0 bridgehead atoms. The number of nitrogens with zero attached hydrogens (tertiary/aromatic N) is 2. The van der Waals surface area contributed by atoms with E-state index in [2.05, 4.69) is 9.98 Å². The maximum Gasteiger partial charge on any atom is 0.416 e. The molecule has 0 amide bonds. The number of aliphatic imine (C=N–C) groups is 1. The van der Waals surface area contributed by atoms with Crippen LogP contribution < -0.4 is 5.73 Å². The molecule has 19 heavy (non-hydrogen) atoms. The Hall–Kier alpha value is -2.37. The summed E-state index contributed by atoms with van der Waals surface area (Å²) in [6, 6.07) is 7.96. The van der Waals surface area contributed by atoms with Crippen molar-refractivity contribution < 1.29 is 13.2 Å². The minimum absolute atomic E-state index is 0.140. The van der Waals surface area contributed by atoms with Gasteiger partial charge in [-0.15, -0.1) is 0 Å². The minimum Gasteiger partial charge on any atom is -0.383 e. The van der Waals surface area contributed by atoms with Gasteiger partial charge in [-0.25, -0.2) is 4.99 Å². The molecule has 98 valence electrons. The summed E-state index contributed by atoms with van der Waals surface area (Å²) in [5.74, 6) is 0.140. The quantitative estimate of drug-likeness (QED) is 0.670. The fourth-order valence-electron chi connectivity index (χ4n) is 1.48. The molecule has 0 aliphatic heterocycles. The standard InChI is InChI=1S/C13H10F3N3/c14-13(15,16)10-2-1-3-11(8-10)19-12(17)9-4-6-18-7-5-9/h1-8H,(H2,17,19). The summed E-state index contributed by atoms with van der Waals surface area (Å²) in [6.07, 6.45) is -1.33. The molecule has 1 aromatic carbocycles. The lowest BCUT2D eigenvalue weighted by molar-refractivity contribution is -0.137. The molecule has 0 unspecified atom stereocenters. The average Bonchev–Trinajstić information content (AvgIpc) is 2.39. The number of pyridine rings is 1. The SMILES string of the molecule is NC(=Nc1cccc(C(F)(F)F)c1)c1ccncc1. The van der Waals surface area contributed by atoms with Crippen LogP contribution >= 0.6 is 0 Å². The highest BCUT2D eigenvalue weighted by Crippen LogP contribution is 2.31. The normalized spacial score (nSPS) is 12.5. The third-order valence-electron chi connectivity index (χ3n) is 2.40. The van der Waals surface area contributed by atoms with Crippen molar-refractivity contribution in [2.75, 3.05) is 0 Å². The third-order valence-corrected chi connectivity index (χ3v) is 2.40. The van der Waals surface area contributed by atoms with E-state index in [0.717, 1.165) is 12.1 Å². The van der Waals surface area contributed by atoms with Crippen LogP contribution in [0.25, 0.3) is 0 Å². The zero-order chi connectivity index (χ0) is 13.9. The molecule has 1 heterocycles. The van der Waals surface area contributed by atoms with Gasteiger partial charge in [0.25, 0.3) is 0 Å².